The van der Waals surface area contributed by atoms with Crippen molar-refractivity contribution in [1.29, 1.82) is 0 Å². The second-order valence-corrected chi connectivity index (χ2v) is 8.36. The average molecular weight is 396 g/mol. The summed E-state index contributed by atoms with van der Waals surface area (Å²) in [6, 6.07) is 4.34. The van der Waals surface area contributed by atoms with Gasteiger partial charge < -0.3 is 20.6 Å². The van der Waals surface area contributed by atoms with Gasteiger partial charge in [0.25, 0.3) is 5.91 Å². The van der Waals surface area contributed by atoms with Crippen LogP contribution in [0.25, 0.3) is 0 Å². The Kier molecular flexibility index (Phi) is 6.36. The van der Waals surface area contributed by atoms with Gasteiger partial charge in [-0.15, -0.1) is 0 Å². The number of anilines is 1. The number of rotatable bonds is 6. The van der Waals surface area contributed by atoms with Gasteiger partial charge in [0, 0.05) is 23.8 Å². The number of carboxylic acid groups (broad SMARTS) is 1. The molecule has 27 heavy (non-hydrogen) atoms. The number of aliphatic carboxylic acids is 1. The zero-order chi connectivity index (χ0) is 20.4. The predicted molar refractivity (Wildman–Crippen MR) is 104 cm³/mol. The van der Waals surface area contributed by atoms with E-state index in [4.69, 9.17) is 16.7 Å². The number of hydrogen-bond acceptors (Lipinski definition) is 3. The van der Waals surface area contributed by atoms with Gasteiger partial charge in [0.15, 0.2) is 0 Å². The molecule has 3 amide bonds. The number of benzene rings is 1. The van der Waals surface area contributed by atoms with Crippen LogP contribution in [-0.4, -0.2) is 46.0 Å². The third kappa shape index (κ3) is 6.13. The fourth-order valence-corrected chi connectivity index (χ4v) is 2.78. The van der Waals surface area contributed by atoms with Gasteiger partial charge in [-0.3, -0.25) is 9.59 Å². The quantitative estimate of drug-likeness (QED) is 0.685. The minimum Gasteiger partial charge on any atom is -0.481 e. The van der Waals surface area contributed by atoms with Gasteiger partial charge in [-0.05, 0) is 51.8 Å². The lowest BCUT2D eigenvalue weighted by Crippen LogP contribution is -2.43. The number of carbonyl (C=O) groups excluding carboxylic acids is 2. The van der Waals surface area contributed by atoms with E-state index in [0.29, 0.717) is 5.69 Å². The molecular weight excluding hydrogens is 370 g/mol. The van der Waals surface area contributed by atoms with Crippen LogP contribution in [-0.2, 0) is 4.79 Å². The number of amides is 3. The van der Waals surface area contributed by atoms with Crippen molar-refractivity contribution in [2.45, 2.75) is 52.1 Å². The van der Waals surface area contributed by atoms with E-state index in [1.54, 1.807) is 24.0 Å². The smallest absolute Gasteiger partial charge is 0.319 e. The molecule has 0 bridgehead atoms. The molecule has 0 aliphatic heterocycles. The Labute approximate surface area is 164 Å². The molecule has 148 valence electrons. The molecule has 3 N–H and O–H groups in total. The molecule has 1 saturated carbocycles. The maximum Gasteiger partial charge on any atom is 0.319 e. The molecular formula is C19H26ClN3O4. The Morgan fingerprint density at radius 1 is 1.30 bits per heavy atom. The first-order valence-corrected chi connectivity index (χ1v) is 9.28. The molecule has 0 saturated heterocycles. The molecule has 1 aromatic carbocycles. The third-order valence-electron chi connectivity index (χ3n) is 4.08. The Hall–Kier alpha value is -2.28. The van der Waals surface area contributed by atoms with Crippen molar-refractivity contribution in [1.82, 2.24) is 10.2 Å². The number of urea groups is 1. The molecule has 2 rings (SSSR count). The molecule has 0 aromatic heterocycles. The van der Waals surface area contributed by atoms with Gasteiger partial charge >= 0.3 is 12.0 Å². The lowest BCUT2D eigenvalue weighted by atomic mass is 10.1. The first-order valence-electron chi connectivity index (χ1n) is 8.90. The van der Waals surface area contributed by atoms with E-state index in [1.165, 1.54) is 6.07 Å². The second kappa shape index (κ2) is 8.17. The molecule has 8 heteroatoms. The summed E-state index contributed by atoms with van der Waals surface area (Å²) in [5.74, 6) is -1.95. The normalized spacial score (nSPS) is 15.0. The van der Waals surface area contributed by atoms with Crippen LogP contribution < -0.4 is 10.6 Å². The summed E-state index contributed by atoms with van der Waals surface area (Å²) in [5.41, 5.74) is 0.284. The van der Waals surface area contributed by atoms with Crippen LogP contribution in [0.15, 0.2) is 18.2 Å². The average Bonchev–Trinajstić information content (AvgIpc) is 3.36. The summed E-state index contributed by atoms with van der Waals surface area (Å²) in [7, 11) is 0. The Morgan fingerprint density at radius 2 is 1.93 bits per heavy atom. The standard InChI is InChI=1S/C19H26ClN3O4/c1-11(17(25)26)10-23(13-6-7-13)16(24)14-9-12(5-8-15(14)20)21-18(27)22-19(2,3)4/h5,8-9,11,13H,6-7,10H2,1-4H3,(H,25,26)(H2,21,22,27). The summed E-state index contributed by atoms with van der Waals surface area (Å²) in [6.07, 6.45) is 1.70. The van der Waals surface area contributed by atoms with Crippen LogP contribution in [0.5, 0.6) is 0 Å². The van der Waals surface area contributed by atoms with Crippen molar-refractivity contribution >= 4 is 35.2 Å². The molecule has 1 aliphatic rings. The van der Waals surface area contributed by atoms with Crippen LogP contribution in [0.3, 0.4) is 0 Å². The van der Waals surface area contributed by atoms with Crippen molar-refractivity contribution in [3.05, 3.63) is 28.8 Å². The van der Waals surface area contributed by atoms with Crippen molar-refractivity contribution in [2.75, 3.05) is 11.9 Å². The highest BCUT2D eigenvalue weighted by atomic mass is 35.5. The Bertz CT molecular complexity index is 741. The van der Waals surface area contributed by atoms with Gasteiger partial charge in [0.05, 0.1) is 16.5 Å². The summed E-state index contributed by atoms with van der Waals surface area (Å²) < 4.78 is 0. The van der Waals surface area contributed by atoms with E-state index >= 15 is 0 Å². The summed E-state index contributed by atoms with van der Waals surface area (Å²) in [5, 5.41) is 14.9. The van der Waals surface area contributed by atoms with E-state index in [0.717, 1.165) is 12.8 Å². The molecule has 1 fully saturated rings. The summed E-state index contributed by atoms with van der Waals surface area (Å²) in [6.45, 7) is 7.28. The van der Waals surface area contributed by atoms with Crippen LogP contribution in [0.1, 0.15) is 50.9 Å². The van der Waals surface area contributed by atoms with Gasteiger partial charge in [-0.1, -0.05) is 18.5 Å². The highest BCUT2D eigenvalue weighted by molar-refractivity contribution is 6.34. The van der Waals surface area contributed by atoms with Gasteiger partial charge in [-0.25, -0.2) is 4.79 Å². The molecule has 7 nitrogen and oxygen atoms in total. The summed E-state index contributed by atoms with van der Waals surface area (Å²) in [4.78, 5) is 37.8. The largest absolute Gasteiger partial charge is 0.481 e. The first-order chi connectivity index (χ1) is 12.5. The predicted octanol–water partition coefficient (Wildman–Crippen LogP) is 3.59. The van der Waals surface area contributed by atoms with E-state index in [-0.39, 0.29) is 35.1 Å². The van der Waals surface area contributed by atoms with Crippen LogP contribution >= 0.6 is 11.6 Å². The van der Waals surface area contributed by atoms with Gasteiger partial charge in [-0.2, -0.15) is 0 Å². The van der Waals surface area contributed by atoms with E-state index < -0.39 is 17.4 Å². The number of hydrogen-bond donors (Lipinski definition) is 3. The molecule has 1 aromatic rings. The van der Waals surface area contributed by atoms with Crippen molar-refractivity contribution in [3.63, 3.8) is 0 Å². The van der Waals surface area contributed by atoms with E-state index in [9.17, 15) is 14.4 Å². The Morgan fingerprint density at radius 3 is 2.44 bits per heavy atom. The molecule has 0 radical (unpaired) electrons. The van der Waals surface area contributed by atoms with Crippen LogP contribution in [0.2, 0.25) is 5.02 Å². The zero-order valence-corrected chi connectivity index (χ0v) is 16.8. The lowest BCUT2D eigenvalue weighted by molar-refractivity contribution is -0.141. The number of nitrogens with zero attached hydrogens (tertiary/aromatic N) is 1. The van der Waals surface area contributed by atoms with Gasteiger partial charge in [0.1, 0.15) is 0 Å². The number of carboxylic acids is 1. The van der Waals surface area contributed by atoms with Crippen LogP contribution in [0.4, 0.5) is 10.5 Å². The molecule has 0 spiro atoms. The number of halogens is 1. The minimum absolute atomic E-state index is 0.0381. The molecule has 1 unspecified atom stereocenters. The fraction of sp³-hybridized carbons (Fsp3) is 0.526. The summed E-state index contributed by atoms with van der Waals surface area (Å²) >= 11 is 6.21. The number of nitrogens with one attached hydrogen (secondary N) is 2. The van der Waals surface area contributed by atoms with E-state index in [1.807, 2.05) is 20.8 Å². The Balaban J connectivity index is 2.19. The lowest BCUT2D eigenvalue weighted by Gasteiger charge is -2.25. The third-order valence-corrected chi connectivity index (χ3v) is 4.41. The van der Waals surface area contributed by atoms with E-state index in [2.05, 4.69) is 10.6 Å². The zero-order valence-electron chi connectivity index (χ0n) is 16.0. The molecule has 1 atom stereocenters. The SMILES string of the molecule is CC(CN(C(=O)c1cc(NC(=O)NC(C)(C)C)ccc1Cl)C1CC1)C(=O)O. The monoisotopic (exact) mass is 395 g/mol. The van der Waals surface area contributed by atoms with Crippen molar-refractivity contribution < 1.29 is 19.5 Å². The highest BCUT2D eigenvalue weighted by Gasteiger charge is 2.35. The fourth-order valence-electron chi connectivity index (χ4n) is 2.58. The molecule has 1 aliphatic carbocycles. The first kappa shape index (κ1) is 21.0. The van der Waals surface area contributed by atoms with Crippen LogP contribution in [0, 0.1) is 5.92 Å². The maximum atomic E-state index is 13.0. The molecule has 0 heterocycles. The van der Waals surface area contributed by atoms with Gasteiger partial charge in [0.2, 0.25) is 0 Å². The minimum atomic E-state index is -0.950. The number of carbonyl (C=O) groups is 3. The maximum absolute atomic E-state index is 13.0. The second-order valence-electron chi connectivity index (χ2n) is 7.95. The van der Waals surface area contributed by atoms with Crippen molar-refractivity contribution in [3.8, 4) is 0 Å². The highest BCUT2D eigenvalue weighted by Crippen LogP contribution is 2.31. The topological polar surface area (TPSA) is 98.7 Å². The van der Waals surface area contributed by atoms with Crippen molar-refractivity contribution in [2.24, 2.45) is 5.92 Å².